The lowest BCUT2D eigenvalue weighted by atomic mass is 10.0. The summed E-state index contributed by atoms with van der Waals surface area (Å²) in [7, 11) is 0. The fourth-order valence-electron chi connectivity index (χ4n) is 2.19. The van der Waals surface area contributed by atoms with E-state index in [0.29, 0.717) is 23.6 Å². The molecular formula is C19H24N2O2. The first-order valence-electron chi connectivity index (χ1n) is 8.22. The maximum Gasteiger partial charge on any atom is 0.196 e. The summed E-state index contributed by atoms with van der Waals surface area (Å²) < 4.78 is 5.68. The van der Waals surface area contributed by atoms with E-state index in [1.54, 1.807) is 24.4 Å². The number of nitrogens with one attached hydrogen (secondary N) is 1. The van der Waals surface area contributed by atoms with Crippen LogP contribution >= 0.6 is 0 Å². The predicted octanol–water partition coefficient (Wildman–Crippen LogP) is 4.31. The highest BCUT2D eigenvalue weighted by Gasteiger charge is 2.14. The Hall–Kier alpha value is -2.36. The minimum atomic E-state index is -0.0438. The minimum absolute atomic E-state index is 0.0438. The summed E-state index contributed by atoms with van der Waals surface area (Å²) in [5, 5.41) is 3.21. The molecule has 23 heavy (non-hydrogen) atoms. The number of carbonyl (C=O) groups is 1. The number of ether oxygens (including phenoxy) is 1. The molecule has 0 amide bonds. The van der Waals surface area contributed by atoms with Crippen LogP contribution in [0.1, 0.15) is 49.0 Å². The second-order valence-corrected chi connectivity index (χ2v) is 5.39. The Morgan fingerprint density at radius 1 is 1.17 bits per heavy atom. The van der Waals surface area contributed by atoms with Gasteiger partial charge in [0.05, 0.1) is 12.2 Å². The lowest BCUT2D eigenvalue weighted by molar-refractivity contribution is 0.103. The van der Waals surface area contributed by atoms with Gasteiger partial charge in [0.25, 0.3) is 0 Å². The zero-order valence-electron chi connectivity index (χ0n) is 13.8. The molecule has 122 valence electrons. The van der Waals surface area contributed by atoms with Crippen LogP contribution in [0, 0.1) is 0 Å². The summed E-state index contributed by atoms with van der Waals surface area (Å²) in [6, 6.07) is 10.9. The summed E-state index contributed by atoms with van der Waals surface area (Å²) in [5.41, 5.74) is 1.21. The number of pyridine rings is 1. The number of unbranched alkanes of at least 4 members (excludes halogenated alkanes) is 1. The maximum atomic E-state index is 12.8. The lowest BCUT2D eigenvalue weighted by Gasteiger charge is -2.10. The number of nitrogens with zero attached hydrogens (tertiary/aromatic N) is 1. The van der Waals surface area contributed by atoms with Gasteiger partial charge in [0.2, 0.25) is 0 Å². The highest BCUT2D eigenvalue weighted by atomic mass is 16.5. The van der Waals surface area contributed by atoms with Crippen LogP contribution in [0.5, 0.6) is 5.75 Å². The topological polar surface area (TPSA) is 51.2 Å². The molecule has 0 radical (unpaired) electrons. The van der Waals surface area contributed by atoms with Crippen LogP contribution in [0.15, 0.2) is 42.6 Å². The van der Waals surface area contributed by atoms with Crippen LogP contribution in [-0.4, -0.2) is 23.9 Å². The monoisotopic (exact) mass is 312 g/mol. The van der Waals surface area contributed by atoms with Crippen LogP contribution in [0.3, 0.4) is 0 Å². The van der Waals surface area contributed by atoms with Gasteiger partial charge >= 0.3 is 0 Å². The van der Waals surface area contributed by atoms with Gasteiger partial charge in [0.15, 0.2) is 5.78 Å². The van der Waals surface area contributed by atoms with Crippen LogP contribution in [0.2, 0.25) is 0 Å². The van der Waals surface area contributed by atoms with Crippen molar-refractivity contribution < 1.29 is 9.53 Å². The second-order valence-electron chi connectivity index (χ2n) is 5.39. The number of aromatic nitrogens is 1. The smallest absolute Gasteiger partial charge is 0.196 e. The molecule has 0 fully saturated rings. The molecule has 4 nitrogen and oxygen atoms in total. The van der Waals surface area contributed by atoms with E-state index in [1.807, 2.05) is 18.2 Å². The van der Waals surface area contributed by atoms with Gasteiger partial charge in [-0.2, -0.15) is 0 Å². The molecule has 0 aliphatic heterocycles. The molecule has 0 bridgehead atoms. The van der Waals surface area contributed by atoms with Crippen molar-refractivity contribution in [2.75, 3.05) is 18.5 Å². The average Bonchev–Trinajstić information content (AvgIpc) is 2.60. The number of rotatable bonds is 9. The molecule has 0 spiro atoms. The van der Waals surface area contributed by atoms with E-state index in [-0.39, 0.29) is 5.78 Å². The number of hydrogen-bond donors (Lipinski definition) is 1. The Morgan fingerprint density at radius 2 is 2.04 bits per heavy atom. The zero-order chi connectivity index (χ0) is 16.5. The molecule has 0 aliphatic rings. The number of anilines is 1. The molecule has 0 unspecified atom stereocenters. The van der Waals surface area contributed by atoms with Crippen molar-refractivity contribution in [2.45, 2.75) is 33.1 Å². The Balaban J connectivity index is 2.18. The van der Waals surface area contributed by atoms with Crippen LogP contribution < -0.4 is 10.1 Å². The van der Waals surface area contributed by atoms with Crippen molar-refractivity contribution in [1.82, 2.24) is 4.98 Å². The van der Waals surface area contributed by atoms with Crippen LogP contribution in [0.25, 0.3) is 0 Å². The number of benzene rings is 1. The molecule has 1 heterocycles. The molecule has 0 saturated heterocycles. The van der Waals surface area contributed by atoms with E-state index >= 15 is 0 Å². The Labute approximate surface area is 137 Å². The Kier molecular flexibility index (Phi) is 6.60. The van der Waals surface area contributed by atoms with Gasteiger partial charge in [-0.1, -0.05) is 32.4 Å². The van der Waals surface area contributed by atoms with Gasteiger partial charge in [-0.15, -0.1) is 0 Å². The Morgan fingerprint density at radius 3 is 2.83 bits per heavy atom. The van der Waals surface area contributed by atoms with E-state index in [0.717, 1.165) is 31.6 Å². The highest BCUT2D eigenvalue weighted by molar-refractivity contribution is 6.12. The van der Waals surface area contributed by atoms with Crippen molar-refractivity contribution in [3.63, 3.8) is 0 Å². The highest BCUT2D eigenvalue weighted by Crippen LogP contribution is 2.20. The van der Waals surface area contributed by atoms with Crippen LogP contribution in [0.4, 0.5) is 5.82 Å². The Bertz CT molecular complexity index is 641. The molecule has 0 saturated carbocycles. The molecule has 0 atom stereocenters. The van der Waals surface area contributed by atoms with Gasteiger partial charge in [-0.05, 0) is 37.1 Å². The second kappa shape index (κ2) is 8.93. The predicted molar refractivity (Wildman–Crippen MR) is 93.3 cm³/mol. The normalized spacial score (nSPS) is 10.3. The van der Waals surface area contributed by atoms with Gasteiger partial charge in [-0.3, -0.25) is 4.79 Å². The van der Waals surface area contributed by atoms with Crippen molar-refractivity contribution in [3.8, 4) is 5.75 Å². The third-order valence-corrected chi connectivity index (χ3v) is 3.46. The number of hydrogen-bond acceptors (Lipinski definition) is 4. The van der Waals surface area contributed by atoms with Crippen LogP contribution in [-0.2, 0) is 0 Å². The summed E-state index contributed by atoms with van der Waals surface area (Å²) in [4.78, 5) is 17.1. The van der Waals surface area contributed by atoms with Crippen molar-refractivity contribution in [3.05, 3.63) is 53.7 Å². The van der Waals surface area contributed by atoms with Gasteiger partial charge in [-0.25, -0.2) is 4.98 Å². The van der Waals surface area contributed by atoms with Crippen molar-refractivity contribution in [1.29, 1.82) is 0 Å². The van der Waals surface area contributed by atoms with E-state index in [4.69, 9.17) is 4.74 Å². The third-order valence-electron chi connectivity index (χ3n) is 3.46. The van der Waals surface area contributed by atoms with Gasteiger partial charge < -0.3 is 10.1 Å². The molecule has 2 rings (SSSR count). The van der Waals surface area contributed by atoms with E-state index in [9.17, 15) is 4.79 Å². The lowest BCUT2D eigenvalue weighted by Crippen LogP contribution is -2.10. The maximum absolute atomic E-state index is 12.8. The van der Waals surface area contributed by atoms with Crippen molar-refractivity contribution in [2.24, 2.45) is 0 Å². The molecule has 1 N–H and O–H groups in total. The average molecular weight is 312 g/mol. The van der Waals surface area contributed by atoms with E-state index in [1.165, 1.54) is 0 Å². The fraction of sp³-hybridized carbons (Fsp3) is 0.368. The fourth-order valence-corrected chi connectivity index (χ4v) is 2.19. The SMILES string of the molecule is CCCCOc1cccc(C(=O)c2cccnc2NCCC)c1. The first kappa shape index (κ1) is 17.0. The molecule has 0 aliphatic carbocycles. The standard InChI is InChI=1S/C19H24N2O2/c1-3-5-13-23-16-9-6-8-15(14-16)18(22)17-10-7-12-21-19(17)20-11-4-2/h6-10,12,14H,3-5,11,13H2,1-2H3,(H,20,21). The number of carbonyl (C=O) groups excluding carboxylic acids is 1. The first-order valence-corrected chi connectivity index (χ1v) is 8.22. The largest absolute Gasteiger partial charge is 0.494 e. The van der Waals surface area contributed by atoms with E-state index in [2.05, 4.69) is 24.1 Å². The minimum Gasteiger partial charge on any atom is -0.494 e. The van der Waals surface area contributed by atoms with Gasteiger partial charge in [0, 0.05) is 18.3 Å². The summed E-state index contributed by atoms with van der Waals surface area (Å²) in [6.45, 7) is 5.66. The zero-order valence-corrected chi connectivity index (χ0v) is 13.8. The third kappa shape index (κ3) is 4.81. The molecule has 1 aromatic heterocycles. The molecule has 4 heteroatoms. The quantitative estimate of drug-likeness (QED) is 0.553. The molecular weight excluding hydrogens is 288 g/mol. The van der Waals surface area contributed by atoms with Gasteiger partial charge in [0.1, 0.15) is 11.6 Å². The number of ketones is 1. The van der Waals surface area contributed by atoms with Crippen molar-refractivity contribution >= 4 is 11.6 Å². The first-order chi connectivity index (χ1) is 11.3. The van der Waals surface area contributed by atoms with E-state index < -0.39 is 0 Å². The summed E-state index contributed by atoms with van der Waals surface area (Å²) in [5.74, 6) is 1.32. The molecule has 2 aromatic rings. The summed E-state index contributed by atoms with van der Waals surface area (Å²) in [6.07, 6.45) is 4.76. The summed E-state index contributed by atoms with van der Waals surface area (Å²) >= 11 is 0. The molecule has 1 aromatic carbocycles.